The Morgan fingerprint density at radius 3 is 2.64 bits per heavy atom. The van der Waals surface area contributed by atoms with E-state index < -0.39 is 0 Å². The summed E-state index contributed by atoms with van der Waals surface area (Å²) in [5.74, 6) is 1.87. The summed E-state index contributed by atoms with van der Waals surface area (Å²) in [4.78, 5) is 0. The molecule has 0 bridgehead atoms. The maximum atomic E-state index is 3.86. The maximum Gasteiger partial charge on any atom is 0.0161 e. The molecule has 0 aromatic heterocycles. The molecule has 11 heavy (non-hydrogen) atoms. The molecular weight excluding hydrogens is 134 g/mol. The molecule has 0 spiro atoms. The van der Waals surface area contributed by atoms with Gasteiger partial charge in [0.05, 0.1) is 0 Å². The monoisotopic (exact) mass is 153 g/mol. The standard InChI is InChI=1S/C10H19N/c1-7(2)6-11-9(4)10-5-8(10)3/h8-11H,1,5-6H2,2-4H3. The average Bonchev–Trinajstić information content (AvgIpc) is 2.61. The van der Waals surface area contributed by atoms with Crippen LogP contribution in [0.15, 0.2) is 12.2 Å². The molecule has 1 aliphatic rings. The Labute approximate surface area is 69.9 Å². The number of hydrogen-bond donors (Lipinski definition) is 1. The highest BCUT2D eigenvalue weighted by atomic mass is 14.9. The minimum absolute atomic E-state index is 0.682. The van der Waals surface area contributed by atoms with E-state index in [1.165, 1.54) is 12.0 Å². The third kappa shape index (κ3) is 2.66. The van der Waals surface area contributed by atoms with Gasteiger partial charge >= 0.3 is 0 Å². The van der Waals surface area contributed by atoms with Crippen molar-refractivity contribution in [2.75, 3.05) is 6.54 Å². The van der Waals surface area contributed by atoms with Gasteiger partial charge in [0.2, 0.25) is 0 Å². The first kappa shape index (κ1) is 8.79. The van der Waals surface area contributed by atoms with Crippen LogP contribution in [0, 0.1) is 11.8 Å². The molecule has 1 saturated carbocycles. The van der Waals surface area contributed by atoms with Crippen LogP contribution in [0.5, 0.6) is 0 Å². The molecular formula is C10H19N. The van der Waals surface area contributed by atoms with Crippen LogP contribution in [0.2, 0.25) is 0 Å². The molecule has 3 unspecified atom stereocenters. The van der Waals surface area contributed by atoms with Gasteiger partial charge in [-0.3, -0.25) is 0 Å². The minimum atomic E-state index is 0.682. The van der Waals surface area contributed by atoms with E-state index in [0.717, 1.165) is 18.4 Å². The van der Waals surface area contributed by atoms with E-state index >= 15 is 0 Å². The summed E-state index contributed by atoms with van der Waals surface area (Å²) >= 11 is 0. The van der Waals surface area contributed by atoms with E-state index in [2.05, 4.69) is 32.7 Å². The second-order valence-electron chi connectivity index (χ2n) is 4.00. The largest absolute Gasteiger partial charge is 0.310 e. The predicted molar refractivity (Wildman–Crippen MR) is 49.5 cm³/mol. The molecule has 0 heterocycles. The number of nitrogens with one attached hydrogen (secondary N) is 1. The van der Waals surface area contributed by atoms with Crippen LogP contribution in [-0.4, -0.2) is 12.6 Å². The van der Waals surface area contributed by atoms with Crippen LogP contribution in [0.4, 0.5) is 0 Å². The van der Waals surface area contributed by atoms with Gasteiger partial charge < -0.3 is 5.32 Å². The zero-order valence-corrected chi connectivity index (χ0v) is 7.85. The molecule has 1 fully saturated rings. The molecule has 0 aliphatic heterocycles. The zero-order chi connectivity index (χ0) is 8.43. The molecule has 1 heteroatoms. The Hall–Kier alpha value is -0.300. The second kappa shape index (κ2) is 3.40. The summed E-state index contributed by atoms with van der Waals surface area (Å²) in [6.45, 7) is 11.5. The number of hydrogen-bond acceptors (Lipinski definition) is 1. The lowest BCUT2D eigenvalue weighted by Gasteiger charge is -2.12. The Bertz CT molecular complexity index is 151. The highest BCUT2D eigenvalue weighted by Crippen LogP contribution is 2.40. The van der Waals surface area contributed by atoms with Crippen molar-refractivity contribution in [3.63, 3.8) is 0 Å². The third-order valence-corrected chi connectivity index (χ3v) is 2.54. The topological polar surface area (TPSA) is 12.0 Å². The van der Waals surface area contributed by atoms with Gasteiger partial charge in [-0.05, 0) is 32.1 Å². The van der Waals surface area contributed by atoms with E-state index in [-0.39, 0.29) is 0 Å². The Balaban J connectivity index is 2.11. The lowest BCUT2D eigenvalue weighted by molar-refractivity contribution is 0.497. The van der Waals surface area contributed by atoms with Crippen molar-refractivity contribution >= 4 is 0 Å². The van der Waals surface area contributed by atoms with Gasteiger partial charge in [0.1, 0.15) is 0 Å². The van der Waals surface area contributed by atoms with Crippen molar-refractivity contribution in [3.8, 4) is 0 Å². The molecule has 1 aliphatic carbocycles. The molecule has 0 aromatic carbocycles. The molecule has 1 nitrogen and oxygen atoms in total. The fourth-order valence-corrected chi connectivity index (χ4v) is 1.53. The van der Waals surface area contributed by atoms with Crippen molar-refractivity contribution in [2.24, 2.45) is 11.8 Å². The zero-order valence-electron chi connectivity index (χ0n) is 7.85. The van der Waals surface area contributed by atoms with Gasteiger partial charge in [-0.15, -0.1) is 0 Å². The molecule has 1 N–H and O–H groups in total. The fourth-order valence-electron chi connectivity index (χ4n) is 1.53. The summed E-state index contributed by atoms with van der Waals surface area (Å²) in [7, 11) is 0. The van der Waals surface area contributed by atoms with Crippen molar-refractivity contribution in [1.29, 1.82) is 0 Å². The molecule has 1 rings (SSSR count). The normalized spacial score (nSPS) is 31.5. The quantitative estimate of drug-likeness (QED) is 0.610. The first-order valence-electron chi connectivity index (χ1n) is 4.49. The van der Waals surface area contributed by atoms with E-state index in [0.29, 0.717) is 6.04 Å². The first-order valence-corrected chi connectivity index (χ1v) is 4.49. The summed E-state index contributed by atoms with van der Waals surface area (Å²) in [6.07, 6.45) is 1.41. The lowest BCUT2D eigenvalue weighted by Crippen LogP contribution is -2.29. The van der Waals surface area contributed by atoms with Gasteiger partial charge in [-0.1, -0.05) is 19.1 Å². The fraction of sp³-hybridized carbons (Fsp3) is 0.800. The lowest BCUT2D eigenvalue weighted by atomic mass is 10.2. The van der Waals surface area contributed by atoms with E-state index in [9.17, 15) is 0 Å². The van der Waals surface area contributed by atoms with Crippen LogP contribution in [0.1, 0.15) is 27.2 Å². The SMILES string of the molecule is C=C(C)CNC(C)C1CC1C. The van der Waals surface area contributed by atoms with Crippen molar-refractivity contribution in [2.45, 2.75) is 33.2 Å². The highest BCUT2D eigenvalue weighted by molar-refractivity contribution is 4.95. The summed E-state index contributed by atoms with van der Waals surface area (Å²) in [5, 5.41) is 3.47. The Morgan fingerprint density at radius 2 is 2.27 bits per heavy atom. The predicted octanol–water partition coefficient (Wildman–Crippen LogP) is 2.20. The smallest absolute Gasteiger partial charge is 0.0161 e. The summed E-state index contributed by atoms with van der Waals surface area (Å²) in [6, 6.07) is 0.682. The van der Waals surface area contributed by atoms with Crippen LogP contribution in [-0.2, 0) is 0 Å². The van der Waals surface area contributed by atoms with E-state index in [1.807, 2.05) is 0 Å². The average molecular weight is 153 g/mol. The minimum Gasteiger partial charge on any atom is -0.310 e. The summed E-state index contributed by atoms with van der Waals surface area (Å²) < 4.78 is 0. The Morgan fingerprint density at radius 1 is 1.73 bits per heavy atom. The van der Waals surface area contributed by atoms with Gasteiger partial charge in [0.25, 0.3) is 0 Å². The molecule has 0 amide bonds. The molecule has 0 radical (unpaired) electrons. The number of rotatable bonds is 4. The van der Waals surface area contributed by atoms with Crippen LogP contribution in [0.25, 0.3) is 0 Å². The van der Waals surface area contributed by atoms with Crippen LogP contribution >= 0.6 is 0 Å². The van der Waals surface area contributed by atoms with Crippen molar-refractivity contribution in [1.82, 2.24) is 5.32 Å². The Kier molecular flexibility index (Phi) is 2.72. The van der Waals surface area contributed by atoms with Crippen LogP contribution < -0.4 is 5.32 Å². The maximum absolute atomic E-state index is 3.86. The molecule has 3 atom stereocenters. The summed E-state index contributed by atoms with van der Waals surface area (Å²) in [5.41, 5.74) is 1.23. The van der Waals surface area contributed by atoms with Gasteiger partial charge in [0, 0.05) is 12.6 Å². The second-order valence-corrected chi connectivity index (χ2v) is 4.00. The molecule has 0 aromatic rings. The van der Waals surface area contributed by atoms with E-state index in [4.69, 9.17) is 0 Å². The highest BCUT2D eigenvalue weighted by Gasteiger charge is 2.36. The molecule has 64 valence electrons. The third-order valence-electron chi connectivity index (χ3n) is 2.54. The first-order chi connectivity index (χ1) is 5.11. The van der Waals surface area contributed by atoms with Gasteiger partial charge in [-0.25, -0.2) is 0 Å². The van der Waals surface area contributed by atoms with Crippen LogP contribution in [0.3, 0.4) is 0 Å². The van der Waals surface area contributed by atoms with Crippen molar-refractivity contribution < 1.29 is 0 Å². The van der Waals surface area contributed by atoms with Gasteiger partial charge in [0.15, 0.2) is 0 Å². The van der Waals surface area contributed by atoms with Gasteiger partial charge in [-0.2, -0.15) is 0 Å². The van der Waals surface area contributed by atoms with E-state index in [1.54, 1.807) is 0 Å². The van der Waals surface area contributed by atoms with Crippen molar-refractivity contribution in [3.05, 3.63) is 12.2 Å². The molecule has 0 saturated heterocycles.